The zero-order valence-electron chi connectivity index (χ0n) is 10.1. The second-order valence-electron chi connectivity index (χ2n) is 4.97. The molecule has 0 aliphatic carbocycles. The Kier molecular flexibility index (Phi) is 4.67. The Morgan fingerprint density at radius 3 is 2.81 bits per heavy atom. The molecule has 4 heteroatoms. The van der Waals surface area contributed by atoms with Crippen molar-refractivity contribution in [2.45, 2.75) is 31.4 Å². The van der Waals surface area contributed by atoms with E-state index in [1.165, 1.54) is 57.2 Å². The van der Waals surface area contributed by atoms with Gasteiger partial charge >= 0.3 is 0 Å². The average molecular weight is 242 g/mol. The molecule has 2 heterocycles. The van der Waals surface area contributed by atoms with Gasteiger partial charge in [0, 0.05) is 25.3 Å². The predicted octanol–water partition coefficient (Wildman–Crippen LogP) is 1.34. The molecule has 0 aromatic heterocycles. The van der Waals surface area contributed by atoms with Gasteiger partial charge in [-0.1, -0.05) is 11.8 Å². The fourth-order valence-electron chi connectivity index (χ4n) is 2.72. The van der Waals surface area contributed by atoms with Crippen LogP contribution in [0.1, 0.15) is 26.2 Å². The molecule has 2 rings (SSSR count). The highest BCUT2D eigenvalue weighted by molar-refractivity contribution is 8.14. The van der Waals surface area contributed by atoms with E-state index in [1.807, 2.05) is 0 Å². The molecule has 2 saturated heterocycles. The Labute approximate surface area is 102 Å². The number of nitrogens with zero attached hydrogens (tertiary/aromatic N) is 1. The zero-order chi connectivity index (χ0) is 11.4. The normalized spacial score (nSPS) is 28.4. The largest absolute Gasteiger partial charge is 0.317 e. The SMILES string of the molecule is CC(=O)S[C@@H]1CCN(CC2CCNCC2)C1. The maximum absolute atomic E-state index is 11.0. The summed E-state index contributed by atoms with van der Waals surface area (Å²) in [6.07, 6.45) is 3.83. The fraction of sp³-hybridized carbons (Fsp3) is 0.917. The van der Waals surface area contributed by atoms with E-state index in [0.717, 1.165) is 12.5 Å². The molecule has 2 aliphatic heterocycles. The molecule has 0 aromatic rings. The zero-order valence-corrected chi connectivity index (χ0v) is 10.9. The third-order valence-electron chi connectivity index (χ3n) is 3.54. The van der Waals surface area contributed by atoms with Crippen molar-refractivity contribution in [3.05, 3.63) is 0 Å². The first kappa shape index (κ1) is 12.4. The average Bonchev–Trinajstić information content (AvgIpc) is 2.66. The second kappa shape index (κ2) is 6.03. The van der Waals surface area contributed by atoms with Crippen LogP contribution in [0, 0.1) is 5.92 Å². The smallest absolute Gasteiger partial charge is 0.186 e. The van der Waals surface area contributed by atoms with Crippen LogP contribution in [0.15, 0.2) is 0 Å². The van der Waals surface area contributed by atoms with Gasteiger partial charge in [0.1, 0.15) is 0 Å². The molecule has 16 heavy (non-hydrogen) atoms. The van der Waals surface area contributed by atoms with Crippen molar-refractivity contribution >= 4 is 16.9 Å². The van der Waals surface area contributed by atoms with Crippen molar-refractivity contribution in [2.75, 3.05) is 32.7 Å². The Bertz CT molecular complexity index is 241. The van der Waals surface area contributed by atoms with Crippen molar-refractivity contribution in [1.29, 1.82) is 0 Å². The Balaban J connectivity index is 1.69. The molecule has 3 nitrogen and oxygen atoms in total. The van der Waals surface area contributed by atoms with Gasteiger partial charge in [0.15, 0.2) is 5.12 Å². The van der Waals surface area contributed by atoms with Crippen LogP contribution in [0.2, 0.25) is 0 Å². The summed E-state index contributed by atoms with van der Waals surface area (Å²) in [6.45, 7) is 7.61. The molecule has 0 bridgehead atoms. The Hall–Kier alpha value is -0.0600. The molecule has 0 unspecified atom stereocenters. The highest BCUT2D eigenvalue weighted by Gasteiger charge is 2.26. The lowest BCUT2D eigenvalue weighted by molar-refractivity contribution is -0.109. The van der Waals surface area contributed by atoms with Crippen molar-refractivity contribution in [3.63, 3.8) is 0 Å². The van der Waals surface area contributed by atoms with Crippen LogP contribution >= 0.6 is 11.8 Å². The minimum Gasteiger partial charge on any atom is -0.317 e. The molecule has 1 N–H and O–H groups in total. The molecule has 0 aromatic carbocycles. The molecule has 92 valence electrons. The van der Waals surface area contributed by atoms with Crippen LogP contribution in [0.4, 0.5) is 0 Å². The van der Waals surface area contributed by atoms with Crippen LogP contribution in [0.3, 0.4) is 0 Å². The predicted molar refractivity (Wildman–Crippen MR) is 68.7 cm³/mol. The third-order valence-corrected chi connectivity index (χ3v) is 4.59. The number of rotatable bonds is 3. The molecule has 2 fully saturated rings. The lowest BCUT2D eigenvalue weighted by atomic mass is 9.98. The molecule has 2 aliphatic rings. The van der Waals surface area contributed by atoms with Gasteiger partial charge in [0.25, 0.3) is 0 Å². The Morgan fingerprint density at radius 2 is 2.12 bits per heavy atom. The summed E-state index contributed by atoms with van der Waals surface area (Å²) >= 11 is 1.53. The Morgan fingerprint density at radius 1 is 1.38 bits per heavy atom. The van der Waals surface area contributed by atoms with E-state index < -0.39 is 0 Å². The summed E-state index contributed by atoms with van der Waals surface area (Å²) in [5, 5.41) is 4.23. The van der Waals surface area contributed by atoms with Gasteiger partial charge in [0.2, 0.25) is 0 Å². The van der Waals surface area contributed by atoms with E-state index in [9.17, 15) is 4.79 Å². The van der Waals surface area contributed by atoms with E-state index in [2.05, 4.69) is 10.2 Å². The number of hydrogen-bond donors (Lipinski definition) is 1. The van der Waals surface area contributed by atoms with Crippen LogP contribution in [0.5, 0.6) is 0 Å². The first-order valence-corrected chi connectivity index (χ1v) is 7.22. The molecular formula is C12H22N2OS. The summed E-state index contributed by atoms with van der Waals surface area (Å²) in [6, 6.07) is 0. The lowest BCUT2D eigenvalue weighted by Gasteiger charge is -2.27. The maximum atomic E-state index is 11.0. The first-order valence-electron chi connectivity index (χ1n) is 6.34. The molecule has 1 atom stereocenters. The van der Waals surface area contributed by atoms with Crippen molar-refractivity contribution in [2.24, 2.45) is 5.92 Å². The highest BCUT2D eigenvalue weighted by Crippen LogP contribution is 2.25. The summed E-state index contributed by atoms with van der Waals surface area (Å²) in [5.74, 6) is 0.877. The first-order chi connectivity index (χ1) is 7.74. The van der Waals surface area contributed by atoms with E-state index in [-0.39, 0.29) is 5.12 Å². The van der Waals surface area contributed by atoms with E-state index in [1.54, 1.807) is 6.92 Å². The van der Waals surface area contributed by atoms with Gasteiger partial charge in [-0.25, -0.2) is 0 Å². The lowest BCUT2D eigenvalue weighted by Crippen LogP contribution is -2.35. The molecule has 0 amide bonds. The molecule has 0 saturated carbocycles. The monoisotopic (exact) mass is 242 g/mol. The van der Waals surface area contributed by atoms with Crippen molar-refractivity contribution in [3.8, 4) is 0 Å². The van der Waals surface area contributed by atoms with Crippen LogP contribution in [-0.4, -0.2) is 48.0 Å². The molecular weight excluding hydrogens is 220 g/mol. The fourth-order valence-corrected chi connectivity index (χ4v) is 3.70. The van der Waals surface area contributed by atoms with Gasteiger partial charge in [-0.2, -0.15) is 0 Å². The van der Waals surface area contributed by atoms with Gasteiger partial charge in [0.05, 0.1) is 0 Å². The highest BCUT2D eigenvalue weighted by atomic mass is 32.2. The number of piperidine rings is 1. The number of hydrogen-bond acceptors (Lipinski definition) is 4. The summed E-state index contributed by atoms with van der Waals surface area (Å²) in [4.78, 5) is 13.6. The quantitative estimate of drug-likeness (QED) is 0.809. The van der Waals surface area contributed by atoms with Crippen molar-refractivity contribution < 1.29 is 4.79 Å². The number of thioether (sulfide) groups is 1. The van der Waals surface area contributed by atoms with Crippen LogP contribution in [-0.2, 0) is 4.79 Å². The van der Waals surface area contributed by atoms with E-state index in [0.29, 0.717) is 5.25 Å². The summed E-state index contributed by atoms with van der Waals surface area (Å²) in [7, 11) is 0. The minimum atomic E-state index is 0.272. The van der Waals surface area contributed by atoms with Crippen LogP contribution in [0.25, 0.3) is 0 Å². The number of likely N-dealkylation sites (tertiary alicyclic amines) is 1. The van der Waals surface area contributed by atoms with E-state index in [4.69, 9.17) is 0 Å². The molecule has 0 radical (unpaired) electrons. The van der Waals surface area contributed by atoms with Gasteiger partial charge in [-0.05, 0) is 44.8 Å². The van der Waals surface area contributed by atoms with Gasteiger partial charge < -0.3 is 10.2 Å². The minimum absolute atomic E-state index is 0.272. The number of carbonyl (C=O) groups is 1. The summed E-state index contributed by atoms with van der Waals surface area (Å²) in [5.41, 5.74) is 0. The van der Waals surface area contributed by atoms with Crippen LogP contribution < -0.4 is 5.32 Å². The van der Waals surface area contributed by atoms with Gasteiger partial charge in [-0.3, -0.25) is 4.79 Å². The maximum Gasteiger partial charge on any atom is 0.186 e. The molecule has 0 spiro atoms. The van der Waals surface area contributed by atoms with E-state index >= 15 is 0 Å². The second-order valence-corrected chi connectivity index (χ2v) is 6.45. The number of nitrogens with one attached hydrogen (secondary N) is 1. The van der Waals surface area contributed by atoms with Crippen molar-refractivity contribution in [1.82, 2.24) is 10.2 Å². The topological polar surface area (TPSA) is 32.3 Å². The number of carbonyl (C=O) groups excluding carboxylic acids is 1. The van der Waals surface area contributed by atoms with Gasteiger partial charge in [-0.15, -0.1) is 0 Å². The third kappa shape index (κ3) is 3.75. The summed E-state index contributed by atoms with van der Waals surface area (Å²) < 4.78 is 0. The standard InChI is InChI=1S/C12H22N2OS/c1-10(15)16-12-4-7-14(9-12)8-11-2-5-13-6-3-11/h11-13H,2-9H2,1H3/t12-/m1/s1.